The number of carbonyl (C=O) groups excluding carboxylic acids is 1. The molecular weight excluding hydrogens is 188 g/mol. The van der Waals surface area contributed by atoms with Crippen molar-refractivity contribution < 1.29 is 4.79 Å². The van der Waals surface area contributed by atoms with Crippen LogP contribution in [0.4, 0.5) is 0 Å². The van der Waals surface area contributed by atoms with Gasteiger partial charge in [0.15, 0.2) is 0 Å². The van der Waals surface area contributed by atoms with Gasteiger partial charge in [-0.15, -0.1) is 0 Å². The zero-order valence-corrected chi connectivity index (χ0v) is 8.87. The lowest BCUT2D eigenvalue weighted by atomic mass is 10.1. The van der Waals surface area contributed by atoms with Gasteiger partial charge in [-0.05, 0) is 18.6 Å². The molecule has 1 unspecified atom stereocenters. The molecule has 2 N–H and O–H groups in total. The van der Waals surface area contributed by atoms with E-state index in [2.05, 4.69) is 16.4 Å². The Morgan fingerprint density at radius 3 is 2.87 bits per heavy atom. The molecule has 0 bridgehead atoms. The molecule has 0 spiro atoms. The zero-order chi connectivity index (χ0) is 10.8. The van der Waals surface area contributed by atoms with Crippen molar-refractivity contribution in [1.29, 1.82) is 0 Å². The highest BCUT2D eigenvalue weighted by Gasteiger charge is 2.10. The second-order valence-corrected chi connectivity index (χ2v) is 3.71. The molecule has 78 valence electrons. The molecule has 3 heteroatoms. The van der Waals surface area contributed by atoms with E-state index in [9.17, 15) is 4.79 Å². The van der Waals surface area contributed by atoms with E-state index in [4.69, 9.17) is 0 Å². The van der Waals surface area contributed by atoms with E-state index in [1.54, 1.807) is 0 Å². The Hall–Kier alpha value is -1.77. The molecule has 2 rings (SSSR count). The van der Waals surface area contributed by atoms with E-state index in [0.717, 1.165) is 11.1 Å². The summed E-state index contributed by atoms with van der Waals surface area (Å²) in [6.45, 7) is 3.52. The summed E-state index contributed by atoms with van der Waals surface area (Å²) in [5, 5.41) is 4.04. The monoisotopic (exact) mass is 202 g/mol. The number of nitrogens with one attached hydrogen (secondary N) is 2. The fraction of sp³-hybridized carbons (Fsp3) is 0.250. The maximum absolute atomic E-state index is 11.0. The fourth-order valence-corrected chi connectivity index (χ4v) is 1.83. The topological polar surface area (TPSA) is 44.9 Å². The first kappa shape index (κ1) is 9.77. The maximum atomic E-state index is 11.0. The van der Waals surface area contributed by atoms with E-state index in [1.807, 2.05) is 31.3 Å². The molecule has 3 nitrogen and oxygen atoms in total. The Morgan fingerprint density at radius 1 is 1.40 bits per heavy atom. The van der Waals surface area contributed by atoms with Crippen LogP contribution in [0.3, 0.4) is 0 Å². The van der Waals surface area contributed by atoms with Crippen LogP contribution >= 0.6 is 0 Å². The van der Waals surface area contributed by atoms with Gasteiger partial charge in [0.05, 0.1) is 6.04 Å². The predicted octanol–water partition coefficient (Wildman–Crippen LogP) is 2.37. The average molecular weight is 202 g/mol. The van der Waals surface area contributed by atoms with Gasteiger partial charge in [-0.25, -0.2) is 0 Å². The molecule has 1 atom stereocenters. The molecule has 0 saturated heterocycles. The number of para-hydroxylation sites is 1. The third-order valence-electron chi connectivity index (χ3n) is 2.51. The number of aromatic amines is 1. The van der Waals surface area contributed by atoms with Gasteiger partial charge in [-0.2, -0.15) is 0 Å². The molecule has 1 amide bonds. The summed E-state index contributed by atoms with van der Waals surface area (Å²) in [6.07, 6.45) is 1.95. The lowest BCUT2D eigenvalue weighted by molar-refractivity contribution is -0.119. The number of amides is 1. The first-order valence-corrected chi connectivity index (χ1v) is 5.01. The van der Waals surface area contributed by atoms with E-state index >= 15 is 0 Å². The van der Waals surface area contributed by atoms with Crippen molar-refractivity contribution >= 4 is 16.8 Å². The van der Waals surface area contributed by atoms with Crippen LogP contribution in [0.1, 0.15) is 25.5 Å². The molecule has 0 fully saturated rings. The summed E-state index contributed by atoms with van der Waals surface area (Å²) in [6, 6.07) is 8.11. The normalized spacial score (nSPS) is 12.7. The van der Waals surface area contributed by atoms with E-state index in [0.29, 0.717) is 0 Å². The van der Waals surface area contributed by atoms with Crippen molar-refractivity contribution in [2.24, 2.45) is 0 Å². The van der Waals surface area contributed by atoms with E-state index < -0.39 is 0 Å². The highest BCUT2D eigenvalue weighted by atomic mass is 16.1. The van der Waals surface area contributed by atoms with Gasteiger partial charge in [0.25, 0.3) is 0 Å². The van der Waals surface area contributed by atoms with Gasteiger partial charge >= 0.3 is 0 Å². The van der Waals surface area contributed by atoms with Crippen molar-refractivity contribution in [3.8, 4) is 0 Å². The molecule has 1 aromatic carbocycles. The van der Waals surface area contributed by atoms with E-state index in [1.165, 1.54) is 12.3 Å². The van der Waals surface area contributed by atoms with Crippen LogP contribution in [0, 0.1) is 0 Å². The van der Waals surface area contributed by atoms with Crippen LogP contribution in [0.25, 0.3) is 10.9 Å². The number of H-pyrrole nitrogens is 1. The number of benzene rings is 1. The molecule has 1 heterocycles. The Balaban J connectivity index is 2.39. The molecule has 2 aromatic rings. The van der Waals surface area contributed by atoms with Gasteiger partial charge in [0, 0.05) is 24.0 Å². The Bertz CT molecular complexity index is 487. The standard InChI is InChI=1S/C12H14N2O/c1-8(14-9(2)15)11-7-13-12-6-4-3-5-10(11)12/h3-8,13H,1-2H3,(H,14,15). The number of fused-ring (bicyclic) bond motifs is 1. The van der Waals surface area contributed by atoms with Crippen LogP contribution in [0.15, 0.2) is 30.5 Å². The highest BCUT2D eigenvalue weighted by molar-refractivity contribution is 5.84. The van der Waals surface area contributed by atoms with Crippen LogP contribution in [0.5, 0.6) is 0 Å². The summed E-state index contributed by atoms with van der Waals surface area (Å²) < 4.78 is 0. The Kier molecular flexibility index (Phi) is 2.46. The predicted molar refractivity (Wildman–Crippen MR) is 60.5 cm³/mol. The minimum atomic E-state index is -0.00668. The van der Waals surface area contributed by atoms with Crippen LogP contribution < -0.4 is 5.32 Å². The molecule has 0 aliphatic carbocycles. The summed E-state index contributed by atoms with van der Waals surface area (Å²) in [5.74, 6) is -0.00668. The van der Waals surface area contributed by atoms with Crippen LogP contribution in [-0.4, -0.2) is 10.9 Å². The van der Waals surface area contributed by atoms with Gasteiger partial charge in [-0.1, -0.05) is 18.2 Å². The summed E-state index contributed by atoms with van der Waals surface area (Å²) in [5.41, 5.74) is 2.23. The number of rotatable bonds is 2. The van der Waals surface area contributed by atoms with Crippen molar-refractivity contribution in [2.45, 2.75) is 19.9 Å². The smallest absolute Gasteiger partial charge is 0.217 e. The minimum absolute atomic E-state index is 0.00668. The molecule has 15 heavy (non-hydrogen) atoms. The first-order chi connectivity index (χ1) is 7.18. The minimum Gasteiger partial charge on any atom is -0.361 e. The third-order valence-corrected chi connectivity index (χ3v) is 2.51. The quantitative estimate of drug-likeness (QED) is 0.771. The maximum Gasteiger partial charge on any atom is 0.217 e. The summed E-state index contributed by atoms with van der Waals surface area (Å²) >= 11 is 0. The van der Waals surface area contributed by atoms with Gasteiger partial charge in [0.2, 0.25) is 5.91 Å². The molecule has 0 radical (unpaired) electrons. The van der Waals surface area contributed by atoms with Gasteiger partial charge in [-0.3, -0.25) is 4.79 Å². The van der Waals surface area contributed by atoms with Crippen molar-refractivity contribution in [3.63, 3.8) is 0 Å². The Morgan fingerprint density at radius 2 is 2.13 bits per heavy atom. The lowest BCUT2D eigenvalue weighted by Gasteiger charge is -2.11. The van der Waals surface area contributed by atoms with Gasteiger partial charge < -0.3 is 10.3 Å². The Labute approximate surface area is 88.5 Å². The second-order valence-electron chi connectivity index (χ2n) is 3.71. The number of carbonyl (C=O) groups is 1. The third kappa shape index (κ3) is 1.86. The number of aromatic nitrogens is 1. The summed E-state index contributed by atoms with van der Waals surface area (Å²) in [7, 11) is 0. The zero-order valence-electron chi connectivity index (χ0n) is 8.87. The molecule has 0 aliphatic heterocycles. The van der Waals surface area contributed by atoms with E-state index in [-0.39, 0.29) is 11.9 Å². The fourth-order valence-electron chi connectivity index (χ4n) is 1.83. The lowest BCUT2D eigenvalue weighted by Crippen LogP contribution is -2.23. The molecule has 0 aliphatic rings. The van der Waals surface area contributed by atoms with Gasteiger partial charge in [0.1, 0.15) is 0 Å². The summed E-state index contributed by atoms with van der Waals surface area (Å²) in [4.78, 5) is 14.2. The number of hydrogen-bond acceptors (Lipinski definition) is 1. The average Bonchev–Trinajstić information content (AvgIpc) is 2.59. The number of hydrogen-bond donors (Lipinski definition) is 2. The molecule has 1 aromatic heterocycles. The molecular formula is C12H14N2O. The van der Waals surface area contributed by atoms with Crippen LogP contribution in [0.2, 0.25) is 0 Å². The van der Waals surface area contributed by atoms with Crippen molar-refractivity contribution in [3.05, 3.63) is 36.0 Å². The largest absolute Gasteiger partial charge is 0.361 e. The highest BCUT2D eigenvalue weighted by Crippen LogP contribution is 2.23. The molecule has 0 saturated carbocycles. The second kappa shape index (κ2) is 3.77. The SMILES string of the molecule is CC(=O)NC(C)c1c[nH]c2ccccc12. The van der Waals surface area contributed by atoms with Crippen molar-refractivity contribution in [1.82, 2.24) is 10.3 Å². The van der Waals surface area contributed by atoms with Crippen molar-refractivity contribution in [2.75, 3.05) is 0 Å². The van der Waals surface area contributed by atoms with Crippen LogP contribution in [-0.2, 0) is 4.79 Å². The first-order valence-electron chi connectivity index (χ1n) is 5.01.